The number of nitrogens with zero attached hydrogens (tertiary/aromatic N) is 1. The predicted octanol–water partition coefficient (Wildman–Crippen LogP) is 5.70. The van der Waals surface area contributed by atoms with Crippen molar-refractivity contribution >= 4 is 11.6 Å². The number of para-hydroxylation sites is 1. The van der Waals surface area contributed by atoms with Crippen LogP contribution in [0.3, 0.4) is 0 Å². The van der Waals surface area contributed by atoms with Crippen LogP contribution in [0.5, 0.6) is 0 Å². The van der Waals surface area contributed by atoms with Gasteiger partial charge in [-0.15, -0.1) is 0 Å². The number of hydrogen-bond acceptors (Lipinski definition) is 2. The van der Waals surface area contributed by atoms with E-state index in [-0.39, 0.29) is 23.8 Å². The molecule has 0 bridgehead atoms. The zero-order valence-electron chi connectivity index (χ0n) is 17.8. The fourth-order valence-corrected chi connectivity index (χ4v) is 4.44. The first kappa shape index (κ1) is 20.2. The van der Waals surface area contributed by atoms with Crippen LogP contribution in [-0.4, -0.2) is 17.4 Å². The van der Waals surface area contributed by atoms with Crippen molar-refractivity contribution in [3.63, 3.8) is 0 Å². The van der Waals surface area contributed by atoms with Gasteiger partial charge in [0.05, 0.1) is 12.0 Å². The maximum atomic E-state index is 13.9. The van der Waals surface area contributed by atoms with E-state index < -0.39 is 0 Å². The van der Waals surface area contributed by atoms with Crippen molar-refractivity contribution < 1.29 is 4.79 Å². The largest absolute Gasteiger partial charge is 0.377 e. The molecule has 4 rings (SSSR count). The number of anilines is 1. The van der Waals surface area contributed by atoms with Crippen LogP contribution >= 0.6 is 0 Å². The molecule has 3 aromatic rings. The molecule has 0 aromatic heterocycles. The molecule has 1 amide bonds. The van der Waals surface area contributed by atoms with Gasteiger partial charge in [-0.1, -0.05) is 92.7 Å². The van der Waals surface area contributed by atoms with Gasteiger partial charge in [0, 0.05) is 18.8 Å². The molecular formula is C27H30N2O. The fourth-order valence-electron chi connectivity index (χ4n) is 4.44. The van der Waals surface area contributed by atoms with Crippen LogP contribution < -0.4 is 5.32 Å². The fraction of sp³-hybridized carbons (Fsp3) is 0.296. The zero-order chi connectivity index (χ0) is 20.9. The Bertz CT molecular complexity index is 968. The van der Waals surface area contributed by atoms with Gasteiger partial charge in [-0.25, -0.2) is 0 Å². The zero-order valence-corrected chi connectivity index (χ0v) is 17.8. The molecule has 0 fully saturated rings. The first-order valence-electron chi connectivity index (χ1n) is 10.9. The summed E-state index contributed by atoms with van der Waals surface area (Å²) in [5.41, 5.74) is 4.71. The van der Waals surface area contributed by atoms with Crippen molar-refractivity contribution in [3.8, 4) is 0 Å². The Hall–Kier alpha value is -3.07. The summed E-state index contributed by atoms with van der Waals surface area (Å²) in [5, 5.41) is 3.75. The molecule has 0 saturated heterocycles. The summed E-state index contributed by atoms with van der Waals surface area (Å²) in [4.78, 5) is 16.0. The molecular weight excluding hydrogens is 368 g/mol. The first-order valence-corrected chi connectivity index (χ1v) is 10.9. The molecule has 0 aliphatic carbocycles. The number of hydrogen-bond donors (Lipinski definition) is 1. The number of carbonyl (C=O) groups excluding carboxylic acids is 1. The van der Waals surface area contributed by atoms with Gasteiger partial charge >= 0.3 is 0 Å². The van der Waals surface area contributed by atoms with E-state index in [2.05, 4.69) is 84.7 Å². The first-order chi connectivity index (χ1) is 14.6. The Kier molecular flexibility index (Phi) is 6.18. The van der Waals surface area contributed by atoms with Gasteiger partial charge in [0.2, 0.25) is 5.91 Å². The molecule has 1 aliphatic heterocycles. The van der Waals surface area contributed by atoms with E-state index in [9.17, 15) is 4.79 Å². The van der Waals surface area contributed by atoms with Crippen molar-refractivity contribution in [3.05, 3.63) is 102 Å². The summed E-state index contributed by atoms with van der Waals surface area (Å²) >= 11 is 0. The molecule has 3 nitrogen and oxygen atoms in total. The molecule has 0 spiro atoms. The van der Waals surface area contributed by atoms with Crippen LogP contribution in [0.4, 0.5) is 5.69 Å². The van der Waals surface area contributed by atoms with Gasteiger partial charge in [0.25, 0.3) is 0 Å². The molecule has 0 radical (unpaired) electrons. The highest BCUT2D eigenvalue weighted by atomic mass is 16.2. The van der Waals surface area contributed by atoms with Gasteiger partial charge in [0.1, 0.15) is 0 Å². The lowest BCUT2D eigenvalue weighted by atomic mass is 9.83. The standard InChI is InChI=1S/C27H30N2O/c1-20(2)25-26(23-14-7-4-8-15-23)28-24-16-10-9-13-22(24)17-18-29(27(25)30)19-21-11-5-3-6-12-21/h3-16,20,25-26,28H,17-19H2,1-2H3/t25-,26+/m1/s1. The number of carbonyl (C=O) groups is 1. The molecule has 3 heteroatoms. The van der Waals surface area contributed by atoms with Gasteiger partial charge in [-0.05, 0) is 35.1 Å². The number of rotatable bonds is 4. The monoisotopic (exact) mass is 398 g/mol. The Morgan fingerprint density at radius 2 is 1.53 bits per heavy atom. The molecule has 1 heterocycles. The Labute approximate surface area is 179 Å². The van der Waals surface area contributed by atoms with Crippen LogP contribution in [0.25, 0.3) is 0 Å². The van der Waals surface area contributed by atoms with E-state index in [1.807, 2.05) is 24.3 Å². The molecule has 3 aromatic carbocycles. The average molecular weight is 399 g/mol. The van der Waals surface area contributed by atoms with Crippen LogP contribution in [0.15, 0.2) is 84.9 Å². The lowest BCUT2D eigenvalue weighted by Gasteiger charge is -2.34. The number of amides is 1. The van der Waals surface area contributed by atoms with Gasteiger partial charge < -0.3 is 10.2 Å². The van der Waals surface area contributed by atoms with Crippen molar-refractivity contribution in [1.29, 1.82) is 0 Å². The summed E-state index contributed by atoms with van der Waals surface area (Å²) in [6.07, 6.45) is 0.841. The molecule has 0 unspecified atom stereocenters. The second-order valence-electron chi connectivity index (χ2n) is 8.46. The van der Waals surface area contributed by atoms with E-state index in [1.54, 1.807) is 0 Å². The Balaban J connectivity index is 1.77. The molecule has 0 saturated carbocycles. The third-order valence-corrected chi connectivity index (χ3v) is 6.03. The van der Waals surface area contributed by atoms with E-state index >= 15 is 0 Å². The van der Waals surface area contributed by atoms with E-state index in [1.165, 1.54) is 11.1 Å². The topological polar surface area (TPSA) is 32.3 Å². The lowest BCUT2D eigenvalue weighted by Crippen LogP contribution is -2.42. The van der Waals surface area contributed by atoms with Crippen molar-refractivity contribution in [2.75, 3.05) is 11.9 Å². The smallest absolute Gasteiger partial charge is 0.228 e. The van der Waals surface area contributed by atoms with Crippen LogP contribution in [0.1, 0.15) is 36.6 Å². The third-order valence-electron chi connectivity index (χ3n) is 6.03. The van der Waals surface area contributed by atoms with Crippen molar-refractivity contribution in [2.24, 2.45) is 11.8 Å². The Morgan fingerprint density at radius 3 is 2.23 bits per heavy atom. The number of nitrogens with one attached hydrogen (secondary N) is 1. The SMILES string of the molecule is CC(C)[C@H]1C(=O)N(Cc2ccccc2)CCc2ccccc2N[C@H]1c1ccccc1. The third kappa shape index (κ3) is 4.40. The summed E-state index contributed by atoms with van der Waals surface area (Å²) < 4.78 is 0. The minimum absolute atomic E-state index is 0.0729. The predicted molar refractivity (Wildman–Crippen MR) is 123 cm³/mol. The maximum Gasteiger partial charge on any atom is 0.228 e. The second kappa shape index (κ2) is 9.17. The lowest BCUT2D eigenvalue weighted by molar-refractivity contribution is -0.138. The molecule has 1 N–H and O–H groups in total. The summed E-state index contributed by atoms with van der Waals surface area (Å²) in [7, 11) is 0. The quantitative estimate of drug-likeness (QED) is 0.612. The summed E-state index contributed by atoms with van der Waals surface area (Å²) in [6, 6.07) is 29.1. The highest BCUT2D eigenvalue weighted by Crippen LogP contribution is 2.36. The molecule has 2 atom stereocenters. The van der Waals surface area contributed by atoms with Crippen LogP contribution in [0.2, 0.25) is 0 Å². The summed E-state index contributed by atoms with van der Waals surface area (Å²) in [5.74, 6) is 0.282. The van der Waals surface area contributed by atoms with Crippen LogP contribution in [-0.2, 0) is 17.8 Å². The highest BCUT2D eigenvalue weighted by Gasteiger charge is 2.36. The van der Waals surface area contributed by atoms with E-state index in [0.717, 1.165) is 24.2 Å². The molecule has 30 heavy (non-hydrogen) atoms. The maximum absolute atomic E-state index is 13.9. The highest BCUT2D eigenvalue weighted by molar-refractivity contribution is 5.81. The number of fused-ring (bicyclic) bond motifs is 1. The van der Waals surface area contributed by atoms with Gasteiger partial charge in [-0.3, -0.25) is 4.79 Å². The average Bonchev–Trinajstić information content (AvgIpc) is 2.83. The minimum atomic E-state index is -0.151. The van der Waals surface area contributed by atoms with E-state index in [4.69, 9.17) is 0 Å². The van der Waals surface area contributed by atoms with Crippen LogP contribution in [0, 0.1) is 11.8 Å². The summed E-state index contributed by atoms with van der Waals surface area (Å²) in [6.45, 7) is 5.68. The normalized spacial score (nSPS) is 19.4. The van der Waals surface area contributed by atoms with Gasteiger partial charge in [-0.2, -0.15) is 0 Å². The molecule has 1 aliphatic rings. The molecule has 154 valence electrons. The Morgan fingerprint density at radius 1 is 0.900 bits per heavy atom. The second-order valence-corrected chi connectivity index (χ2v) is 8.46. The van der Waals surface area contributed by atoms with Crippen molar-refractivity contribution in [1.82, 2.24) is 4.90 Å². The van der Waals surface area contributed by atoms with E-state index in [0.29, 0.717) is 6.54 Å². The minimum Gasteiger partial charge on any atom is -0.377 e. The van der Waals surface area contributed by atoms with Gasteiger partial charge in [0.15, 0.2) is 0 Å². The van der Waals surface area contributed by atoms with Crippen molar-refractivity contribution in [2.45, 2.75) is 32.9 Å². The number of benzene rings is 3.